The van der Waals surface area contributed by atoms with E-state index >= 15 is 0 Å². The predicted molar refractivity (Wildman–Crippen MR) is 162 cm³/mol. The Bertz CT molecular complexity index is 1390. The fourth-order valence-electron chi connectivity index (χ4n) is 4.63. The van der Waals surface area contributed by atoms with Gasteiger partial charge in [0.1, 0.15) is 12.6 Å². The van der Waals surface area contributed by atoms with Gasteiger partial charge in [0.25, 0.3) is 0 Å². The third kappa shape index (κ3) is 8.68. The molecule has 1 N–H and O–H groups in total. The van der Waals surface area contributed by atoms with E-state index in [1.54, 1.807) is 12.1 Å². The van der Waals surface area contributed by atoms with Gasteiger partial charge in [0.2, 0.25) is 21.8 Å². The third-order valence-electron chi connectivity index (χ3n) is 6.71. The van der Waals surface area contributed by atoms with Gasteiger partial charge in [-0.2, -0.15) is 0 Å². The highest BCUT2D eigenvalue weighted by atomic mass is 32.2. The fraction of sp³-hybridized carbons (Fsp3) is 0.375. The van der Waals surface area contributed by atoms with E-state index in [0.717, 1.165) is 32.8 Å². The Morgan fingerprint density at radius 3 is 2.17 bits per heavy atom. The van der Waals surface area contributed by atoms with Crippen LogP contribution >= 0.6 is 0 Å². The minimum Gasteiger partial charge on any atom is -0.354 e. The second-order valence-corrected chi connectivity index (χ2v) is 12.5. The van der Waals surface area contributed by atoms with E-state index in [1.807, 2.05) is 94.4 Å². The van der Waals surface area contributed by atoms with Crippen LogP contribution in [-0.2, 0) is 39.0 Å². The number of nitrogens with one attached hydrogen (secondary N) is 1. The van der Waals surface area contributed by atoms with Gasteiger partial charge in [0, 0.05) is 19.5 Å². The van der Waals surface area contributed by atoms with E-state index in [0.29, 0.717) is 25.1 Å². The SMILES string of the molecule is CCc1ccccc1N(CC(=O)N(Cc1cccc(C)c1)[C@@H](Cc1ccccc1)C(=O)NCC(C)C)S(C)(=O)=O. The molecular formula is C32H41N3O4S. The molecule has 0 saturated heterocycles. The van der Waals surface area contributed by atoms with Gasteiger partial charge in [-0.15, -0.1) is 0 Å². The van der Waals surface area contributed by atoms with Crippen LogP contribution in [-0.4, -0.2) is 50.5 Å². The second kappa shape index (κ2) is 14.1. The van der Waals surface area contributed by atoms with Crippen LogP contribution in [0, 0.1) is 12.8 Å². The molecule has 0 aliphatic rings. The first-order valence-corrected chi connectivity index (χ1v) is 15.6. The summed E-state index contributed by atoms with van der Waals surface area (Å²) >= 11 is 0. The molecule has 0 bridgehead atoms. The number of benzene rings is 3. The molecule has 214 valence electrons. The quantitative estimate of drug-likeness (QED) is 0.326. The topological polar surface area (TPSA) is 86.8 Å². The molecule has 1 atom stereocenters. The fourth-order valence-corrected chi connectivity index (χ4v) is 5.51. The van der Waals surface area contributed by atoms with Crippen LogP contribution in [0.15, 0.2) is 78.9 Å². The van der Waals surface area contributed by atoms with Crippen molar-refractivity contribution in [1.82, 2.24) is 10.2 Å². The first-order valence-electron chi connectivity index (χ1n) is 13.7. The Balaban J connectivity index is 2.07. The lowest BCUT2D eigenvalue weighted by atomic mass is 10.0. The van der Waals surface area contributed by atoms with Crippen LogP contribution in [0.3, 0.4) is 0 Å². The highest BCUT2D eigenvalue weighted by molar-refractivity contribution is 7.92. The Kier molecular flexibility index (Phi) is 10.9. The molecule has 0 radical (unpaired) electrons. The Hall–Kier alpha value is -3.65. The molecule has 8 heteroatoms. The molecule has 7 nitrogen and oxygen atoms in total. The van der Waals surface area contributed by atoms with E-state index in [4.69, 9.17) is 0 Å². The molecule has 0 fully saturated rings. The number of hydrogen-bond donors (Lipinski definition) is 1. The predicted octanol–water partition coefficient (Wildman–Crippen LogP) is 4.74. The van der Waals surface area contributed by atoms with Crippen molar-refractivity contribution in [3.05, 3.63) is 101 Å². The standard InChI is InChI=1S/C32H41N3O4S/c1-6-28-17-10-11-18-29(28)35(40(5,38)39)23-31(36)34(22-27-16-12-13-25(4)19-27)30(32(37)33-21-24(2)3)20-26-14-8-7-9-15-26/h7-19,24,30H,6,20-23H2,1-5H3,(H,33,37)/t30-/m0/s1. The zero-order chi connectivity index (χ0) is 29.3. The van der Waals surface area contributed by atoms with Crippen molar-refractivity contribution in [1.29, 1.82) is 0 Å². The summed E-state index contributed by atoms with van der Waals surface area (Å²) in [7, 11) is -3.80. The number of sulfonamides is 1. The Morgan fingerprint density at radius 2 is 1.55 bits per heavy atom. The minimum atomic E-state index is -3.80. The smallest absolute Gasteiger partial charge is 0.244 e. The molecule has 3 rings (SSSR count). The van der Waals surface area contributed by atoms with Gasteiger partial charge in [-0.3, -0.25) is 13.9 Å². The number of para-hydroxylation sites is 1. The number of rotatable bonds is 13. The van der Waals surface area contributed by atoms with E-state index in [9.17, 15) is 18.0 Å². The zero-order valence-corrected chi connectivity index (χ0v) is 24.9. The van der Waals surface area contributed by atoms with E-state index in [2.05, 4.69) is 5.32 Å². The van der Waals surface area contributed by atoms with Crippen LogP contribution in [0.1, 0.15) is 43.0 Å². The van der Waals surface area contributed by atoms with Crippen LogP contribution in [0.25, 0.3) is 0 Å². The summed E-state index contributed by atoms with van der Waals surface area (Å²) < 4.78 is 27.2. The van der Waals surface area contributed by atoms with Crippen molar-refractivity contribution in [3.8, 4) is 0 Å². The maximum Gasteiger partial charge on any atom is 0.244 e. The largest absolute Gasteiger partial charge is 0.354 e. The summed E-state index contributed by atoms with van der Waals surface area (Å²) in [5, 5.41) is 3.00. The number of nitrogens with zero attached hydrogens (tertiary/aromatic N) is 2. The summed E-state index contributed by atoms with van der Waals surface area (Å²) in [6, 6.07) is 23.7. The van der Waals surface area contributed by atoms with Gasteiger partial charge >= 0.3 is 0 Å². The maximum atomic E-state index is 14.2. The molecule has 0 aliphatic heterocycles. The van der Waals surface area contributed by atoms with Crippen molar-refractivity contribution < 1.29 is 18.0 Å². The summed E-state index contributed by atoms with van der Waals surface area (Å²) in [6.07, 6.45) is 2.01. The van der Waals surface area contributed by atoms with Crippen molar-refractivity contribution in [2.45, 2.75) is 53.1 Å². The van der Waals surface area contributed by atoms with Crippen molar-refractivity contribution >= 4 is 27.5 Å². The number of hydrogen-bond acceptors (Lipinski definition) is 4. The lowest BCUT2D eigenvalue weighted by molar-refractivity contribution is -0.140. The molecule has 0 heterocycles. The van der Waals surface area contributed by atoms with Crippen molar-refractivity contribution in [2.24, 2.45) is 5.92 Å². The van der Waals surface area contributed by atoms with Crippen molar-refractivity contribution in [2.75, 3.05) is 23.7 Å². The van der Waals surface area contributed by atoms with Crippen LogP contribution in [0.2, 0.25) is 0 Å². The average molecular weight is 564 g/mol. The highest BCUT2D eigenvalue weighted by Gasteiger charge is 2.33. The molecule has 40 heavy (non-hydrogen) atoms. The molecule has 2 amide bonds. The van der Waals surface area contributed by atoms with Gasteiger partial charge in [0.15, 0.2) is 0 Å². The third-order valence-corrected chi connectivity index (χ3v) is 7.84. The molecule has 0 unspecified atom stereocenters. The molecule has 0 saturated carbocycles. The molecule has 0 spiro atoms. The summed E-state index contributed by atoms with van der Waals surface area (Å²) in [5.74, 6) is -0.481. The monoisotopic (exact) mass is 563 g/mol. The van der Waals surface area contributed by atoms with Gasteiger partial charge in [-0.1, -0.05) is 99.1 Å². The lowest BCUT2D eigenvalue weighted by Gasteiger charge is -2.34. The number of aryl methyl sites for hydroxylation is 2. The number of carbonyl (C=O) groups is 2. The van der Waals surface area contributed by atoms with Gasteiger partial charge < -0.3 is 10.2 Å². The Labute approximate surface area is 239 Å². The molecule has 0 aliphatic carbocycles. The molecule has 0 aromatic heterocycles. The summed E-state index contributed by atoms with van der Waals surface area (Å²) in [5.41, 5.74) is 4.10. The first-order chi connectivity index (χ1) is 19.0. The van der Waals surface area contributed by atoms with E-state index in [1.165, 1.54) is 4.90 Å². The first kappa shape index (κ1) is 30.9. The second-order valence-electron chi connectivity index (χ2n) is 10.6. The van der Waals surface area contributed by atoms with Crippen LogP contribution in [0.4, 0.5) is 5.69 Å². The maximum absolute atomic E-state index is 14.2. The van der Waals surface area contributed by atoms with Crippen LogP contribution < -0.4 is 9.62 Å². The average Bonchev–Trinajstić information content (AvgIpc) is 2.92. The lowest BCUT2D eigenvalue weighted by Crippen LogP contribution is -2.53. The normalized spacial score (nSPS) is 12.2. The minimum absolute atomic E-state index is 0.167. The number of carbonyl (C=O) groups excluding carboxylic acids is 2. The van der Waals surface area contributed by atoms with Crippen molar-refractivity contribution in [3.63, 3.8) is 0 Å². The molecule has 3 aromatic carbocycles. The summed E-state index contributed by atoms with van der Waals surface area (Å²) in [4.78, 5) is 29.4. The van der Waals surface area contributed by atoms with Gasteiger partial charge in [-0.25, -0.2) is 8.42 Å². The van der Waals surface area contributed by atoms with Gasteiger partial charge in [-0.05, 0) is 42.0 Å². The number of anilines is 1. The van der Waals surface area contributed by atoms with E-state index < -0.39 is 28.5 Å². The Morgan fingerprint density at radius 1 is 0.900 bits per heavy atom. The number of amides is 2. The zero-order valence-electron chi connectivity index (χ0n) is 24.1. The molecule has 3 aromatic rings. The molecular weight excluding hydrogens is 522 g/mol. The van der Waals surface area contributed by atoms with Gasteiger partial charge in [0.05, 0.1) is 11.9 Å². The highest BCUT2D eigenvalue weighted by Crippen LogP contribution is 2.24. The van der Waals surface area contributed by atoms with Crippen LogP contribution in [0.5, 0.6) is 0 Å². The van der Waals surface area contributed by atoms with E-state index in [-0.39, 0.29) is 18.4 Å². The summed E-state index contributed by atoms with van der Waals surface area (Å²) in [6.45, 7) is 8.16.